The van der Waals surface area contributed by atoms with E-state index >= 15 is 0 Å². The van der Waals surface area contributed by atoms with Gasteiger partial charge in [-0.25, -0.2) is 0 Å². The molecule has 0 fully saturated rings. The lowest BCUT2D eigenvalue weighted by Crippen LogP contribution is -2.37. The first-order valence-corrected chi connectivity index (χ1v) is 40.7. The summed E-state index contributed by atoms with van der Waals surface area (Å²) < 4.78 is 34.4. The van der Waals surface area contributed by atoms with Crippen molar-refractivity contribution in [2.75, 3.05) is 47.5 Å². The van der Waals surface area contributed by atoms with Crippen molar-refractivity contribution in [1.82, 2.24) is 0 Å². The fourth-order valence-corrected chi connectivity index (χ4v) is 11.7. The summed E-state index contributed by atoms with van der Waals surface area (Å²) in [4.78, 5) is 38.2. The lowest BCUT2D eigenvalue weighted by molar-refractivity contribution is -0.870. The van der Waals surface area contributed by atoms with Crippen LogP contribution in [0.4, 0.5) is 0 Å². The van der Waals surface area contributed by atoms with E-state index in [9.17, 15) is 19.0 Å². The average molecular weight is 1330 g/mol. The van der Waals surface area contributed by atoms with Crippen molar-refractivity contribution < 1.29 is 42.1 Å². The lowest BCUT2D eigenvalue weighted by Gasteiger charge is -2.28. The van der Waals surface area contributed by atoms with Crippen molar-refractivity contribution in [2.24, 2.45) is 0 Å². The van der Waals surface area contributed by atoms with E-state index in [-0.39, 0.29) is 32.0 Å². The van der Waals surface area contributed by atoms with Gasteiger partial charge in [0.25, 0.3) is 7.82 Å². The maximum Gasteiger partial charge on any atom is 0.306 e. The second-order valence-corrected chi connectivity index (χ2v) is 28.8. The van der Waals surface area contributed by atoms with E-state index in [1.165, 1.54) is 218 Å². The number of quaternary nitrogens is 1. The van der Waals surface area contributed by atoms with Gasteiger partial charge in [-0.15, -0.1) is 0 Å². The van der Waals surface area contributed by atoms with Crippen LogP contribution < -0.4 is 4.89 Å². The first-order chi connectivity index (χ1) is 46.0. The minimum absolute atomic E-state index is 0.0334. The Labute approximate surface area is 581 Å². The summed E-state index contributed by atoms with van der Waals surface area (Å²) in [6.07, 6.45) is 106. The smallest absolute Gasteiger partial charge is 0.306 e. The molecule has 0 aliphatic carbocycles. The predicted molar refractivity (Wildman–Crippen MR) is 406 cm³/mol. The molecule has 0 aliphatic rings. The van der Waals surface area contributed by atoms with E-state index in [1.807, 2.05) is 21.1 Å². The Morgan fingerprint density at radius 3 is 0.904 bits per heavy atom. The summed E-state index contributed by atoms with van der Waals surface area (Å²) in [6, 6.07) is 0. The molecule has 0 amide bonds. The molecule has 542 valence electrons. The molecule has 0 spiro atoms. The van der Waals surface area contributed by atoms with Crippen molar-refractivity contribution in [3.8, 4) is 0 Å². The fraction of sp³-hybridized carbons (Fsp3) is 0.738. The minimum atomic E-state index is -4.65. The molecule has 0 heterocycles. The number of unbranched alkanes of at least 4 members (excludes halogenated alkanes) is 38. The zero-order chi connectivity index (χ0) is 68.3. The van der Waals surface area contributed by atoms with Gasteiger partial charge < -0.3 is 27.9 Å². The number of rotatable bonds is 72. The molecule has 0 rings (SSSR count). The number of hydrogen-bond acceptors (Lipinski definition) is 8. The summed E-state index contributed by atoms with van der Waals surface area (Å²) >= 11 is 0. The van der Waals surface area contributed by atoms with Gasteiger partial charge in [-0.3, -0.25) is 14.2 Å². The van der Waals surface area contributed by atoms with Crippen LogP contribution in [0.1, 0.15) is 348 Å². The van der Waals surface area contributed by atoms with Gasteiger partial charge in [0.15, 0.2) is 6.10 Å². The highest BCUT2D eigenvalue weighted by molar-refractivity contribution is 7.45. The van der Waals surface area contributed by atoms with E-state index in [0.29, 0.717) is 17.4 Å². The number of phosphoric acid groups is 1. The summed E-state index contributed by atoms with van der Waals surface area (Å²) in [5, 5.41) is 0. The first-order valence-electron chi connectivity index (χ1n) is 39.2. The molecule has 0 saturated heterocycles. The van der Waals surface area contributed by atoms with Gasteiger partial charge >= 0.3 is 11.9 Å². The number of allylic oxidation sites excluding steroid dienone is 20. The molecule has 0 saturated carbocycles. The Hall–Kier alpha value is -3.59. The lowest BCUT2D eigenvalue weighted by atomic mass is 10.0. The van der Waals surface area contributed by atoms with Crippen molar-refractivity contribution in [3.05, 3.63) is 122 Å². The third-order valence-electron chi connectivity index (χ3n) is 17.0. The monoisotopic (exact) mass is 1330 g/mol. The number of ether oxygens (including phenoxy) is 2. The molecule has 0 aliphatic heterocycles. The van der Waals surface area contributed by atoms with E-state index in [4.69, 9.17) is 18.5 Å². The van der Waals surface area contributed by atoms with Crippen LogP contribution in [0.25, 0.3) is 0 Å². The number of nitrogens with zero attached hydrogens (tertiary/aromatic N) is 1. The number of esters is 2. The molecule has 2 atom stereocenters. The van der Waals surface area contributed by atoms with Crippen molar-refractivity contribution >= 4 is 19.8 Å². The third kappa shape index (κ3) is 77.4. The van der Waals surface area contributed by atoms with Crippen LogP contribution in [-0.4, -0.2) is 70.0 Å². The van der Waals surface area contributed by atoms with Crippen LogP contribution in [0.15, 0.2) is 122 Å². The largest absolute Gasteiger partial charge is 0.756 e. The Bertz CT molecular complexity index is 2010. The van der Waals surface area contributed by atoms with Crippen LogP contribution in [0.2, 0.25) is 0 Å². The molecule has 0 aromatic carbocycles. The maximum absolute atomic E-state index is 12.9. The quantitative estimate of drug-likeness (QED) is 0.0195. The number of hydrogen-bond donors (Lipinski definition) is 0. The number of phosphoric ester groups is 1. The van der Waals surface area contributed by atoms with Crippen LogP contribution in [0.3, 0.4) is 0 Å². The molecule has 0 aromatic heterocycles. The van der Waals surface area contributed by atoms with Gasteiger partial charge in [-0.1, -0.05) is 347 Å². The van der Waals surface area contributed by atoms with Gasteiger partial charge in [0.1, 0.15) is 19.8 Å². The molecule has 2 unspecified atom stereocenters. The fourth-order valence-electron chi connectivity index (χ4n) is 11.0. The van der Waals surface area contributed by atoms with Gasteiger partial charge in [-0.05, 0) is 109 Å². The Morgan fingerprint density at radius 2 is 0.606 bits per heavy atom. The highest BCUT2D eigenvalue weighted by Gasteiger charge is 2.22. The highest BCUT2D eigenvalue weighted by atomic mass is 31.2. The molecule has 0 N–H and O–H groups in total. The van der Waals surface area contributed by atoms with Crippen LogP contribution in [-0.2, 0) is 32.7 Å². The number of carbonyl (C=O) groups excluding carboxylic acids is 2. The zero-order valence-corrected chi connectivity index (χ0v) is 62.8. The molecule has 0 radical (unpaired) electrons. The molecular weight excluding hydrogens is 1180 g/mol. The minimum Gasteiger partial charge on any atom is -0.756 e. The number of carbonyl (C=O) groups is 2. The highest BCUT2D eigenvalue weighted by Crippen LogP contribution is 2.38. The topological polar surface area (TPSA) is 111 Å². The predicted octanol–water partition coefficient (Wildman–Crippen LogP) is 25.5. The Morgan fingerprint density at radius 1 is 0.340 bits per heavy atom. The van der Waals surface area contributed by atoms with Crippen LogP contribution in [0.5, 0.6) is 0 Å². The molecule has 9 nitrogen and oxygen atoms in total. The van der Waals surface area contributed by atoms with E-state index in [2.05, 4.69) is 135 Å². The molecule has 10 heteroatoms. The summed E-state index contributed by atoms with van der Waals surface area (Å²) in [7, 11) is 1.17. The van der Waals surface area contributed by atoms with E-state index in [0.717, 1.165) is 96.3 Å². The summed E-state index contributed by atoms with van der Waals surface area (Å²) in [5.41, 5.74) is 0. The second-order valence-electron chi connectivity index (χ2n) is 27.3. The maximum atomic E-state index is 12.9. The van der Waals surface area contributed by atoms with Crippen molar-refractivity contribution in [3.63, 3.8) is 0 Å². The Kier molecular flexibility index (Phi) is 70.8. The third-order valence-corrected chi connectivity index (χ3v) is 17.9. The normalized spacial score (nSPS) is 13.7. The SMILES string of the molecule is CC/C=C\C/C=C\C/C=C\C/C=C\C/C=C\C/C=C\C/C=C\C/C=C\CCCCCCCCCCCCCCCCC(=O)OC(COC(=O)CCCCCCCCCCCCCCCCCCCCC/C=C\C/C=C\CCCCCCC)COP(=O)([O-])OCC[N+](C)(C)C. The number of likely N-dealkylation sites (N-methyl/N-ethyl adjacent to an activating group) is 1. The average Bonchev–Trinajstić information content (AvgIpc) is 1.56. The van der Waals surface area contributed by atoms with Gasteiger partial charge in [-0.2, -0.15) is 0 Å². The Balaban J connectivity index is 3.99. The molecule has 0 aromatic rings. The van der Waals surface area contributed by atoms with Gasteiger partial charge in [0, 0.05) is 12.8 Å². The first kappa shape index (κ1) is 90.4. The summed E-state index contributed by atoms with van der Waals surface area (Å²) in [5.74, 6) is -0.824. The molecule has 0 bridgehead atoms. The van der Waals surface area contributed by atoms with Crippen molar-refractivity contribution in [1.29, 1.82) is 0 Å². The van der Waals surface area contributed by atoms with Crippen molar-refractivity contribution in [2.45, 2.75) is 354 Å². The molecular formula is C84H148NO8P. The molecule has 94 heavy (non-hydrogen) atoms. The van der Waals surface area contributed by atoms with E-state index < -0.39 is 26.5 Å². The standard InChI is InChI=1S/C84H148NO8P/c1-6-8-10-12-14-16-18-20-22-24-26-28-30-32-34-36-38-39-40-41-42-43-44-45-47-49-51-53-55-57-59-61-63-65-67-69-71-73-75-77-84(87)93-82(81-92-94(88,89)91-79-78-85(3,4)5)80-90-83(86)76-74-72-70-68-66-64-62-60-58-56-54-52-50-48-46-37-35-33-31-29-27-25-23-21-19-17-15-13-11-9-7-2/h8,10,14,16,19-22,25-28,32,34,38-39,41-42,44-45,82H,6-7,9,11-13,15,17-18,23-24,29-31,33,35-37,40,43,46-81H2,1-5H3/b10-8-,16-14-,21-19-,22-20-,27-25-,28-26-,34-32-,39-38-,42-41-,45-44-. The van der Waals surface area contributed by atoms with Gasteiger partial charge in [0.2, 0.25) is 0 Å². The second kappa shape index (κ2) is 73.7. The van der Waals surface area contributed by atoms with E-state index in [1.54, 1.807) is 0 Å². The van der Waals surface area contributed by atoms with Crippen LogP contribution >= 0.6 is 7.82 Å². The van der Waals surface area contributed by atoms with Crippen LogP contribution in [0, 0.1) is 0 Å². The zero-order valence-electron chi connectivity index (χ0n) is 61.9. The summed E-state index contributed by atoms with van der Waals surface area (Å²) in [6.45, 7) is 4.15. The van der Waals surface area contributed by atoms with Gasteiger partial charge in [0.05, 0.1) is 27.7 Å².